The summed E-state index contributed by atoms with van der Waals surface area (Å²) in [5, 5.41) is 0. The van der Waals surface area contributed by atoms with Crippen LogP contribution in [0.2, 0.25) is 0 Å². The van der Waals surface area contributed by atoms with Gasteiger partial charge in [-0.3, -0.25) is 9.69 Å². The van der Waals surface area contributed by atoms with Crippen LogP contribution in [0, 0.1) is 0 Å². The second-order valence-electron chi connectivity index (χ2n) is 6.71. The Morgan fingerprint density at radius 1 is 1.27 bits per heavy atom. The van der Waals surface area contributed by atoms with Crippen LogP contribution < -0.4 is 4.74 Å². The molecule has 2 rings (SSSR count). The molecule has 4 heteroatoms. The number of rotatable bonds is 5. The van der Waals surface area contributed by atoms with Crippen LogP contribution in [0.25, 0.3) is 0 Å². The monoisotopic (exact) mass is 305 g/mol. The first-order valence-corrected chi connectivity index (χ1v) is 8.02. The van der Waals surface area contributed by atoms with E-state index in [1.165, 1.54) is 0 Å². The summed E-state index contributed by atoms with van der Waals surface area (Å²) < 4.78 is 11.0. The molecular formula is C18H27NO3. The highest BCUT2D eigenvalue weighted by Crippen LogP contribution is 2.28. The van der Waals surface area contributed by atoms with Gasteiger partial charge in [-0.25, -0.2) is 0 Å². The van der Waals surface area contributed by atoms with Gasteiger partial charge in [-0.05, 0) is 30.0 Å². The minimum absolute atomic E-state index is 0.0126. The molecule has 0 spiro atoms. The molecule has 0 radical (unpaired) electrons. The van der Waals surface area contributed by atoms with Crippen LogP contribution in [0.5, 0.6) is 5.75 Å². The maximum Gasteiger partial charge on any atom is 0.180 e. The second-order valence-corrected chi connectivity index (χ2v) is 6.71. The Morgan fingerprint density at radius 2 is 1.95 bits per heavy atom. The van der Waals surface area contributed by atoms with Crippen molar-refractivity contribution < 1.29 is 14.3 Å². The van der Waals surface area contributed by atoms with Gasteiger partial charge in [0.2, 0.25) is 0 Å². The fraction of sp³-hybridized carbons (Fsp3) is 0.611. The standard InChI is InChI=1S/C18H27NO3/c1-5-22-17-7-6-14(18(2,3)4)12-15(17)16(20)13-19-8-10-21-11-9-19/h6-7,12H,5,8-11,13H2,1-4H3. The van der Waals surface area contributed by atoms with E-state index in [1.54, 1.807) is 0 Å². The van der Waals surface area contributed by atoms with Crippen molar-refractivity contribution in [3.8, 4) is 5.75 Å². The zero-order valence-corrected chi connectivity index (χ0v) is 14.1. The van der Waals surface area contributed by atoms with E-state index in [4.69, 9.17) is 9.47 Å². The Morgan fingerprint density at radius 3 is 2.55 bits per heavy atom. The van der Waals surface area contributed by atoms with Gasteiger partial charge < -0.3 is 9.47 Å². The first kappa shape index (κ1) is 17.0. The van der Waals surface area contributed by atoms with E-state index in [-0.39, 0.29) is 11.2 Å². The van der Waals surface area contributed by atoms with E-state index in [0.717, 1.165) is 18.7 Å². The van der Waals surface area contributed by atoms with Crippen molar-refractivity contribution in [2.75, 3.05) is 39.5 Å². The Labute approximate surface area is 133 Å². The van der Waals surface area contributed by atoms with Crippen molar-refractivity contribution in [3.63, 3.8) is 0 Å². The summed E-state index contributed by atoms with van der Waals surface area (Å²) >= 11 is 0. The summed E-state index contributed by atoms with van der Waals surface area (Å²) in [6, 6.07) is 5.97. The normalized spacial score (nSPS) is 16.5. The lowest BCUT2D eigenvalue weighted by Gasteiger charge is -2.26. The van der Waals surface area contributed by atoms with Crippen LogP contribution in [0.3, 0.4) is 0 Å². The number of morpholine rings is 1. The van der Waals surface area contributed by atoms with Gasteiger partial charge in [-0.2, -0.15) is 0 Å². The number of carbonyl (C=O) groups excluding carboxylic acids is 1. The van der Waals surface area contributed by atoms with E-state index in [9.17, 15) is 4.79 Å². The molecule has 1 aromatic rings. The van der Waals surface area contributed by atoms with E-state index >= 15 is 0 Å². The lowest BCUT2D eigenvalue weighted by Crippen LogP contribution is -2.39. The van der Waals surface area contributed by atoms with Gasteiger partial charge in [-0.15, -0.1) is 0 Å². The molecule has 0 saturated carbocycles. The number of hydrogen-bond acceptors (Lipinski definition) is 4. The molecule has 1 aliphatic rings. The molecular weight excluding hydrogens is 278 g/mol. The molecule has 22 heavy (non-hydrogen) atoms. The van der Waals surface area contributed by atoms with Gasteiger partial charge in [-0.1, -0.05) is 26.8 Å². The predicted molar refractivity (Wildman–Crippen MR) is 87.9 cm³/mol. The van der Waals surface area contributed by atoms with E-state index in [1.807, 2.05) is 19.1 Å². The van der Waals surface area contributed by atoms with Crippen LogP contribution in [0.4, 0.5) is 0 Å². The van der Waals surface area contributed by atoms with E-state index in [0.29, 0.717) is 37.7 Å². The molecule has 0 amide bonds. The van der Waals surface area contributed by atoms with Crippen molar-refractivity contribution in [2.45, 2.75) is 33.1 Å². The molecule has 0 N–H and O–H groups in total. The first-order chi connectivity index (χ1) is 10.4. The number of Topliss-reactive ketones (excluding diaryl/α,β-unsaturated/α-hetero) is 1. The topological polar surface area (TPSA) is 38.8 Å². The number of hydrogen-bond donors (Lipinski definition) is 0. The van der Waals surface area contributed by atoms with Gasteiger partial charge >= 0.3 is 0 Å². The molecule has 0 aromatic heterocycles. The highest BCUT2D eigenvalue weighted by Gasteiger charge is 2.21. The quantitative estimate of drug-likeness (QED) is 0.784. The maximum absolute atomic E-state index is 12.7. The average molecular weight is 305 g/mol. The molecule has 4 nitrogen and oxygen atoms in total. The minimum Gasteiger partial charge on any atom is -0.493 e. The zero-order valence-electron chi connectivity index (χ0n) is 14.1. The third-order valence-corrected chi connectivity index (χ3v) is 3.92. The molecule has 1 fully saturated rings. The van der Waals surface area contributed by atoms with Crippen LogP contribution in [0.15, 0.2) is 18.2 Å². The molecule has 0 bridgehead atoms. The minimum atomic E-state index is 0.0126. The fourth-order valence-corrected chi connectivity index (χ4v) is 2.54. The van der Waals surface area contributed by atoms with E-state index < -0.39 is 0 Å². The predicted octanol–water partition coefficient (Wildman–Crippen LogP) is 2.90. The molecule has 0 aliphatic carbocycles. The zero-order chi connectivity index (χ0) is 16.2. The Hall–Kier alpha value is -1.39. The number of carbonyl (C=O) groups is 1. The van der Waals surface area contributed by atoms with Gasteiger partial charge in [0.25, 0.3) is 0 Å². The van der Waals surface area contributed by atoms with Crippen LogP contribution >= 0.6 is 0 Å². The fourth-order valence-electron chi connectivity index (χ4n) is 2.54. The Bertz CT molecular complexity index is 514. The van der Waals surface area contributed by atoms with Crippen molar-refractivity contribution in [1.82, 2.24) is 4.90 Å². The molecule has 1 aromatic carbocycles. The molecule has 1 heterocycles. The summed E-state index contributed by atoms with van der Waals surface area (Å²) in [5.74, 6) is 0.810. The highest BCUT2D eigenvalue weighted by molar-refractivity contribution is 6.00. The van der Waals surface area contributed by atoms with E-state index in [2.05, 4.69) is 31.7 Å². The molecule has 0 atom stereocenters. The molecule has 1 saturated heterocycles. The first-order valence-electron chi connectivity index (χ1n) is 8.02. The van der Waals surface area contributed by atoms with Gasteiger partial charge in [0.1, 0.15) is 5.75 Å². The third-order valence-electron chi connectivity index (χ3n) is 3.92. The summed E-state index contributed by atoms with van der Waals surface area (Å²) in [6.45, 7) is 12.4. The number of benzene rings is 1. The van der Waals surface area contributed by atoms with Crippen molar-refractivity contribution in [1.29, 1.82) is 0 Å². The van der Waals surface area contributed by atoms with Crippen molar-refractivity contribution >= 4 is 5.78 Å². The molecule has 0 unspecified atom stereocenters. The number of nitrogens with zero attached hydrogens (tertiary/aromatic N) is 1. The lowest BCUT2D eigenvalue weighted by atomic mass is 9.85. The Balaban J connectivity index is 2.23. The SMILES string of the molecule is CCOc1ccc(C(C)(C)C)cc1C(=O)CN1CCOCC1. The summed E-state index contributed by atoms with van der Waals surface area (Å²) in [4.78, 5) is 14.9. The smallest absolute Gasteiger partial charge is 0.180 e. The summed E-state index contributed by atoms with van der Waals surface area (Å²) in [7, 11) is 0. The van der Waals surface area contributed by atoms with Crippen LogP contribution in [0.1, 0.15) is 43.6 Å². The number of ether oxygens (including phenoxy) is 2. The largest absolute Gasteiger partial charge is 0.493 e. The average Bonchev–Trinajstić information content (AvgIpc) is 2.47. The second kappa shape index (κ2) is 7.25. The third kappa shape index (κ3) is 4.31. The highest BCUT2D eigenvalue weighted by atomic mass is 16.5. The van der Waals surface area contributed by atoms with Gasteiger partial charge in [0.05, 0.1) is 31.9 Å². The Kier molecular flexibility index (Phi) is 5.59. The summed E-state index contributed by atoms with van der Waals surface area (Å²) in [5.41, 5.74) is 1.86. The number of ketones is 1. The van der Waals surface area contributed by atoms with Crippen molar-refractivity contribution in [2.24, 2.45) is 0 Å². The maximum atomic E-state index is 12.7. The van der Waals surface area contributed by atoms with Gasteiger partial charge in [0.15, 0.2) is 5.78 Å². The van der Waals surface area contributed by atoms with Crippen molar-refractivity contribution in [3.05, 3.63) is 29.3 Å². The van der Waals surface area contributed by atoms with Crippen LogP contribution in [-0.2, 0) is 10.2 Å². The molecule has 1 aliphatic heterocycles. The molecule has 122 valence electrons. The van der Waals surface area contributed by atoms with Gasteiger partial charge in [0, 0.05) is 13.1 Å². The van der Waals surface area contributed by atoms with Crippen LogP contribution in [-0.4, -0.2) is 50.1 Å². The lowest BCUT2D eigenvalue weighted by molar-refractivity contribution is 0.0370. The summed E-state index contributed by atoms with van der Waals surface area (Å²) in [6.07, 6.45) is 0.